The summed E-state index contributed by atoms with van der Waals surface area (Å²) in [4.78, 5) is 29.4. The number of nitrogens with zero attached hydrogens (tertiary/aromatic N) is 2. The monoisotopic (exact) mass is 471 g/mol. The Kier molecular flexibility index (Phi) is 7.95. The van der Waals surface area contributed by atoms with Crippen molar-refractivity contribution in [3.63, 3.8) is 0 Å². The lowest BCUT2D eigenvalue weighted by atomic mass is 10.0. The predicted molar refractivity (Wildman–Crippen MR) is 136 cm³/mol. The molecule has 0 bridgehead atoms. The fraction of sp³-hybridized carbons (Fsp3) is 0.310. The standard InChI is InChI=1S/C29H33N3O3/c1-21-18-31(20-25-13-15-26(16-14-25)28(33)30-35)19-22(2)32(21)29(34)27-10-6-9-24(17-27)12-11-23-7-4-3-5-8-23/h3-10,13-17,21-22,35H,11-12,18-20H2,1-2H3,(H,30,33)/t21-,22+. The molecule has 182 valence electrons. The Morgan fingerprint density at radius 1 is 0.800 bits per heavy atom. The van der Waals surface area contributed by atoms with E-state index in [0.717, 1.165) is 43.6 Å². The second-order valence-electron chi connectivity index (χ2n) is 9.43. The van der Waals surface area contributed by atoms with Crippen molar-refractivity contribution >= 4 is 11.8 Å². The van der Waals surface area contributed by atoms with Crippen LogP contribution in [0.2, 0.25) is 0 Å². The summed E-state index contributed by atoms with van der Waals surface area (Å²) in [6, 6.07) is 25.8. The van der Waals surface area contributed by atoms with Crippen molar-refractivity contribution in [2.24, 2.45) is 0 Å². The molecule has 2 amide bonds. The second-order valence-corrected chi connectivity index (χ2v) is 9.43. The highest BCUT2D eigenvalue weighted by Gasteiger charge is 2.33. The molecule has 2 N–H and O–H groups in total. The van der Waals surface area contributed by atoms with Gasteiger partial charge in [0.25, 0.3) is 11.8 Å². The molecule has 6 nitrogen and oxygen atoms in total. The van der Waals surface area contributed by atoms with Crippen LogP contribution in [-0.4, -0.2) is 52.0 Å². The first-order valence-corrected chi connectivity index (χ1v) is 12.2. The maximum atomic E-state index is 13.5. The van der Waals surface area contributed by atoms with Gasteiger partial charge in [0.1, 0.15) is 0 Å². The molecule has 4 rings (SSSR count). The average Bonchev–Trinajstić information content (AvgIpc) is 2.88. The number of nitrogens with one attached hydrogen (secondary N) is 1. The SMILES string of the molecule is C[C@@H]1CN(Cc2ccc(C(=O)NO)cc2)C[C@H](C)N1C(=O)c1cccc(CCc2ccccc2)c1. The molecule has 1 aliphatic heterocycles. The molecule has 3 aromatic rings. The van der Waals surface area contributed by atoms with Gasteiger partial charge in [0.05, 0.1) is 0 Å². The summed E-state index contributed by atoms with van der Waals surface area (Å²) in [6.07, 6.45) is 1.86. The van der Waals surface area contributed by atoms with E-state index < -0.39 is 5.91 Å². The van der Waals surface area contributed by atoms with Gasteiger partial charge >= 0.3 is 0 Å². The molecule has 0 saturated carbocycles. The van der Waals surface area contributed by atoms with Crippen LogP contribution < -0.4 is 5.48 Å². The van der Waals surface area contributed by atoms with E-state index in [-0.39, 0.29) is 18.0 Å². The summed E-state index contributed by atoms with van der Waals surface area (Å²) in [5.41, 5.74) is 6.39. The van der Waals surface area contributed by atoms with Crippen LogP contribution in [0.15, 0.2) is 78.9 Å². The van der Waals surface area contributed by atoms with Crippen LogP contribution in [0.4, 0.5) is 0 Å². The average molecular weight is 472 g/mol. The zero-order chi connectivity index (χ0) is 24.8. The van der Waals surface area contributed by atoms with E-state index in [1.165, 1.54) is 11.1 Å². The first-order valence-electron chi connectivity index (χ1n) is 12.2. The molecule has 3 aromatic carbocycles. The summed E-state index contributed by atoms with van der Waals surface area (Å²) in [5, 5.41) is 8.78. The number of aryl methyl sites for hydroxylation is 2. The van der Waals surface area contributed by atoms with Gasteiger partial charge in [-0.2, -0.15) is 0 Å². The maximum absolute atomic E-state index is 13.5. The summed E-state index contributed by atoms with van der Waals surface area (Å²) in [7, 11) is 0. The highest BCUT2D eigenvalue weighted by molar-refractivity contribution is 5.95. The second kappa shape index (κ2) is 11.3. The van der Waals surface area contributed by atoms with Crippen molar-refractivity contribution in [1.29, 1.82) is 0 Å². The Labute approximate surface area is 207 Å². The number of carbonyl (C=O) groups excluding carboxylic acids is 2. The molecule has 6 heteroatoms. The fourth-order valence-corrected chi connectivity index (χ4v) is 4.99. The number of carbonyl (C=O) groups is 2. The minimum atomic E-state index is -0.518. The quantitative estimate of drug-likeness (QED) is 0.398. The largest absolute Gasteiger partial charge is 0.331 e. The highest BCUT2D eigenvalue weighted by Crippen LogP contribution is 2.22. The third kappa shape index (κ3) is 6.15. The van der Waals surface area contributed by atoms with Gasteiger partial charge in [-0.15, -0.1) is 0 Å². The minimum absolute atomic E-state index is 0.0821. The van der Waals surface area contributed by atoms with Crippen LogP contribution >= 0.6 is 0 Å². The van der Waals surface area contributed by atoms with Crippen LogP contribution in [-0.2, 0) is 19.4 Å². The lowest BCUT2D eigenvalue weighted by Gasteiger charge is -2.44. The van der Waals surface area contributed by atoms with Crippen molar-refractivity contribution in [2.45, 2.75) is 45.3 Å². The summed E-state index contributed by atoms with van der Waals surface area (Å²) in [5.74, 6) is -0.430. The molecular weight excluding hydrogens is 438 g/mol. The Hall–Kier alpha value is -3.48. The van der Waals surface area contributed by atoms with Crippen LogP contribution in [0.1, 0.15) is 51.3 Å². The molecule has 0 spiro atoms. The number of piperazine rings is 1. The third-order valence-electron chi connectivity index (χ3n) is 6.67. The van der Waals surface area contributed by atoms with E-state index >= 15 is 0 Å². The molecule has 0 unspecified atom stereocenters. The number of hydrogen-bond donors (Lipinski definition) is 2. The van der Waals surface area contributed by atoms with Gasteiger partial charge in [0, 0.05) is 42.8 Å². The minimum Gasteiger partial charge on any atom is -0.331 e. The van der Waals surface area contributed by atoms with Gasteiger partial charge in [-0.3, -0.25) is 19.7 Å². The van der Waals surface area contributed by atoms with Crippen molar-refractivity contribution in [3.05, 3.63) is 107 Å². The third-order valence-corrected chi connectivity index (χ3v) is 6.67. The number of hydrogen-bond acceptors (Lipinski definition) is 4. The number of rotatable bonds is 7. The number of benzene rings is 3. The van der Waals surface area contributed by atoms with E-state index in [0.29, 0.717) is 5.56 Å². The Bertz CT molecular complexity index is 1140. The first-order chi connectivity index (χ1) is 16.9. The number of amides is 2. The van der Waals surface area contributed by atoms with Crippen LogP contribution in [0.3, 0.4) is 0 Å². The van der Waals surface area contributed by atoms with E-state index in [2.05, 4.69) is 49.1 Å². The zero-order valence-corrected chi connectivity index (χ0v) is 20.4. The van der Waals surface area contributed by atoms with E-state index in [1.807, 2.05) is 41.3 Å². The smallest absolute Gasteiger partial charge is 0.274 e. The van der Waals surface area contributed by atoms with Crippen LogP contribution in [0, 0.1) is 0 Å². The molecule has 0 aromatic heterocycles. The predicted octanol–water partition coefficient (Wildman–Crippen LogP) is 4.33. The summed E-state index contributed by atoms with van der Waals surface area (Å²) in [6.45, 7) is 6.51. The molecule has 1 saturated heterocycles. The fourth-order valence-electron chi connectivity index (χ4n) is 4.99. The Morgan fingerprint density at radius 2 is 1.43 bits per heavy atom. The van der Waals surface area contributed by atoms with Crippen LogP contribution in [0.25, 0.3) is 0 Å². The molecule has 1 heterocycles. The Morgan fingerprint density at radius 3 is 2.09 bits per heavy atom. The van der Waals surface area contributed by atoms with Gasteiger partial charge in [-0.05, 0) is 67.6 Å². The van der Waals surface area contributed by atoms with E-state index in [9.17, 15) is 9.59 Å². The lowest BCUT2D eigenvalue weighted by Crippen LogP contribution is -2.58. The summed E-state index contributed by atoms with van der Waals surface area (Å²) >= 11 is 0. The molecule has 1 fully saturated rings. The molecule has 1 aliphatic rings. The zero-order valence-electron chi connectivity index (χ0n) is 20.4. The number of hydroxylamine groups is 1. The van der Waals surface area contributed by atoms with Gasteiger partial charge < -0.3 is 4.90 Å². The molecule has 35 heavy (non-hydrogen) atoms. The van der Waals surface area contributed by atoms with Crippen molar-refractivity contribution in [1.82, 2.24) is 15.3 Å². The maximum Gasteiger partial charge on any atom is 0.274 e. The Balaban J connectivity index is 1.37. The molecule has 0 radical (unpaired) electrons. The van der Waals surface area contributed by atoms with E-state index in [4.69, 9.17) is 5.21 Å². The summed E-state index contributed by atoms with van der Waals surface area (Å²) < 4.78 is 0. The van der Waals surface area contributed by atoms with E-state index in [1.54, 1.807) is 17.6 Å². The van der Waals surface area contributed by atoms with Gasteiger partial charge in [0.15, 0.2) is 0 Å². The normalized spacial score (nSPS) is 18.3. The molecule has 2 atom stereocenters. The van der Waals surface area contributed by atoms with Crippen molar-refractivity contribution < 1.29 is 14.8 Å². The van der Waals surface area contributed by atoms with Gasteiger partial charge in [-0.1, -0.05) is 54.6 Å². The lowest BCUT2D eigenvalue weighted by molar-refractivity contribution is 0.0268. The van der Waals surface area contributed by atoms with Gasteiger partial charge in [-0.25, -0.2) is 5.48 Å². The molecule has 0 aliphatic carbocycles. The first kappa shape index (κ1) is 24.6. The van der Waals surface area contributed by atoms with Crippen LogP contribution in [0.5, 0.6) is 0 Å². The van der Waals surface area contributed by atoms with Crippen molar-refractivity contribution in [3.8, 4) is 0 Å². The van der Waals surface area contributed by atoms with Crippen molar-refractivity contribution in [2.75, 3.05) is 13.1 Å². The highest BCUT2D eigenvalue weighted by atomic mass is 16.5. The van der Waals surface area contributed by atoms with Gasteiger partial charge in [0.2, 0.25) is 0 Å². The topological polar surface area (TPSA) is 72.9 Å². The molecular formula is C29H33N3O3.